The van der Waals surface area contributed by atoms with Crippen molar-refractivity contribution in [3.05, 3.63) is 66.3 Å². The van der Waals surface area contributed by atoms with E-state index in [1.165, 1.54) is 25.1 Å². The van der Waals surface area contributed by atoms with Crippen molar-refractivity contribution in [1.29, 1.82) is 0 Å². The smallest absolute Gasteiger partial charge is 0.405 e. The molecule has 1 saturated heterocycles. The van der Waals surface area contributed by atoms with Crippen molar-refractivity contribution < 1.29 is 26.3 Å². The molecule has 9 nitrogen and oxygen atoms in total. The van der Waals surface area contributed by atoms with Crippen molar-refractivity contribution >= 4 is 43.9 Å². The number of H-pyrrole nitrogens is 1. The van der Waals surface area contributed by atoms with Crippen LogP contribution in [-0.4, -0.2) is 54.1 Å². The van der Waals surface area contributed by atoms with Gasteiger partial charge in [0.05, 0.1) is 33.1 Å². The number of benzene rings is 2. The molecule has 1 atom stereocenters. The first-order chi connectivity index (χ1) is 18.3. The lowest BCUT2D eigenvalue weighted by Crippen LogP contribution is -2.37. The van der Waals surface area contributed by atoms with Gasteiger partial charge in [0.1, 0.15) is 5.75 Å². The number of halogens is 5. The molecule has 212 valence electrons. The molecule has 1 fully saturated rings. The van der Waals surface area contributed by atoms with Gasteiger partial charge in [0.15, 0.2) is 9.84 Å². The highest BCUT2D eigenvalue weighted by molar-refractivity contribution is 7.91. The fourth-order valence-electron chi connectivity index (χ4n) is 4.75. The molecule has 0 amide bonds. The fraction of sp³-hybridized carbons (Fsp3) is 0.417. The van der Waals surface area contributed by atoms with Crippen molar-refractivity contribution in [2.75, 3.05) is 18.8 Å². The Morgan fingerprint density at radius 1 is 1.18 bits per heavy atom. The fourth-order valence-corrected chi connectivity index (χ4v) is 6.36. The summed E-state index contributed by atoms with van der Waals surface area (Å²) < 4.78 is 70.2. The van der Waals surface area contributed by atoms with Gasteiger partial charge in [0.25, 0.3) is 5.56 Å². The zero-order valence-electron chi connectivity index (χ0n) is 20.6. The number of aromatic nitrogens is 2. The first kappa shape index (κ1) is 29.4. The van der Waals surface area contributed by atoms with Crippen molar-refractivity contribution in [3.63, 3.8) is 0 Å². The summed E-state index contributed by atoms with van der Waals surface area (Å²) >= 11 is 12.5. The average Bonchev–Trinajstić information content (AvgIpc) is 3.31. The number of ether oxygens (including phenoxy) is 1. The average molecular weight is 609 g/mol. The van der Waals surface area contributed by atoms with Gasteiger partial charge in [0.2, 0.25) is 0 Å². The quantitative estimate of drug-likeness (QED) is 0.399. The normalized spacial score (nSPS) is 16.7. The highest BCUT2D eigenvalue weighted by Gasteiger charge is 2.35. The monoisotopic (exact) mass is 608 g/mol. The van der Waals surface area contributed by atoms with Crippen molar-refractivity contribution in [1.82, 2.24) is 14.5 Å². The van der Waals surface area contributed by atoms with Crippen molar-refractivity contribution in [3.8, 4) is 5.75 Å². The standard InChI is InChI=1S/C24H25Cl2F3N4O5S/c1-2-39(36,37)19-6-5-14(25)8-13(19)11-33-22(34)16-9-18(38-24(27,28)29)17(20(26)21(16)31-23(33)35)12-32-7-3-4-15(32)10-30/h5-6,8-9,15H,2-4,7,10-12,30H2,1H3,(H,31,35). The van der Waals surface area contributed by atoms with Crippen molar-refractivity contribution in [2.45, 2.75) is 50.2 Å². The molecule has 1 aliphatic rings. The SMILES string of the molecule is CCS(=O)(=O)c1ccc(Cl)cc1Cn1c(=O)[nH]c2c(Cl)c(CN3CCCC3CN)c(OC(F)(F)F)cc2c1=O. The predicted molar refractivity (Wildman–Crippen MR) is 141 cm³/mol. The minimum Gasteiger partial charge on any atom is -0.405 e. The number of rotatable bonds is 8. The van der Waals surface area contributed by atoms with Gasteiger partial charge in [-0.25, -0.2) is 13.2 Å². The summed E-state index contributed by atoms with van der Waals surface area (Å²) in [6.45, 7) is 1.74. The third kappa shape index (κ3) is 6.12. The number of fused-ring (bicyclic) bond motifs is 1. The second-order valence-electron chi connectivity index (χ2n) is 9.12. The molecule has 2 heterocycles. The molecule has 1 unspecified atom stereocenters. The van der Waals surface area contributed by atoms with E-state index in [4.69, 9.17) is 28.9 Å². The van der Waals surface area contributed by atoms with Crippen LogP contribution in [-0.2, 0) is 22.9 Å². The number of nitrogens with two attached hydrogens (primary N) is 1. The van der Waals surface area contributed by atoms with Crippen LogP contribution in [0.3, 0.4) is 0 Å². The number of hydrogen-bond donors (Lipinski definition) is 2. The molecule has 1 aromatic heterocycles. The number of aromatic amines is 1. The number of nitrogens with one attached hydrogen (secondary N) is 1. The van der Waals surface area contributed by atoms with Gasteiger partial charge in [-0.15, -0.1) is 13.2 Å². The summed E-state index contributed by atoms with van der Waals surface area (Å²) in [6, 6.07) is 4.74. The second kappa shape index (κ2) is 11.1. The zero-order valence-corrected chi connectivity index (χ0v) is 23.0. The van der Waals surface area contributed by atoms with E-state index in [0.717, 1.165) is 18.9 Å². The van der Waals surface area contributed by atoms with Crippen LogP contribution in [0.5, 0.6) is 5.75 Å². The minimum atomic E-state index is -5.09. The second-order valence-corrected chi connectivity index (χ2v) is 12.2. The molecule has 3 N–H and O–H groups in total. The van der Waals surface area contributed by atoms with E-state index in [1.807, 2.05) is 4.90 Å². The van der Waals surface area contributed by atoms with E-state index in [0.29, 0.717) is 17.7 Å². The van der Waals surface area contributed by atoms with Crippen LogP contribution in [0.2, 0.25) is 10.0 Å². The summed E-state index contributed by atoms with van der Waals surface area (Å²) in [6.07, 6.45) is -3.53. The molecule has 39 heavy (non-hydrogen) atoms. The molecule has 0 aliphatic carbocycles. The number of sulfone groups is 1. The number of alkyl halides is 3. The Bertz CT molecular complexity index is 1640. The minimum absolute atomic E-state index is 0.0477. The van der Waals surface area contributed by atoms with Crippen LogP contribution >= 0.6 is 23.2 Å². The Morgan fingerprint density at radius 3 is 2.54 bits per heavy atom. The maximum absolute atomic E-state index is 13.4. The van der Waals surface area contributed by atoms with Crippen LogP contribution in [0.25, 0.3) is 10.9 Å². The summed E-state index contributed by atoms with van der Waals surface area (Å²) in [5, 5.41) is -0.453. The van der Waals surface area contributed by atoms with E-state index in [1.54, 1.807) is 0 Å². The first-order valence-corrected chi connectivity index (χ1v) is 14.4. The molecule has 0 spiro atoms. The van der Waals surface area contributed by atoms with Gasteiger partial charge < -0.3 is 15.5 Å². The molecule has 0 bridgehead atoms. The predicted octanol–water partition coefficient (Wildman–Crippen LogP) is 3.66. The molecule has 15 heteroatoms. The third-order valence-electron chi connectivity index (χ3n) is 6.70. The Hall–Kier alpha value is -2.58. The number of hydrogen-bond acceptors (Lipinski definition) is 7. The summed E-state index contributed by atoms with van der Waals surface area (Å²) in [5.41, 5.74) is 3.71. The van der Waals surface area contributed by atoms with Crippen LogP contribution in [0.4, 0.5) is 13.2 Å². The van der Waals surface area contributed by atoms with Crippen molar-refractivity contribution in [2.24, 2.45) is 5.73 Å². The van der Waals surface area contributed by atoms with Gasteiger partial charge in [-0.05, 0) is 49.2 Å². The van der Waals surface area contributed by atoms with E-state index in [9.17, 15) is 31.2 Å². The van der Waals surface area contributed by atoms with E-state index < -0.39 is 39.7 Å². The lowest BCUT2D eigenvalue weighted by molar-refractivity contribution is -0.274. The highest BCUT2D eigenvalue weighted by atomic mass is 35.5. The molecule has 3 aromatic rings. The molecular formula is C24H25Cl2F3N4O5S. The Balaban J connectivity index is 1.90. The molecule has 0 radical (unpaired) electrons. The Kier molecular flexibility index (Phi) is 8.39. The summed E-state index contributed by atoms with van der Waals surface area (Å²) in [4.78, 5) is 30.7. The highest BCUT2D eigenvalue weighted by Crippen LogP contribution is 2.37. The summed E-state index contributed by atoms with van der Waals surface area (Å²) in [5.74, 6) is -0.932. The van der Waals surface area contributed by atoms with E-state index in [-0.39, 0.29) is 55.3 Å². The van der Waals surface area contributed by atoms with E-state index in [2.05, 4.69) is 9.72 Å². The largest absolute Gasteiger partial charge is 0.573 e. The Labute approximate surface area is 231 Å². The van der Waals surface area contributed by atoms with Gasteiger partial charge in [-0.3, -0.25) is 14.3 Å². The van der Waals surface area contributed by atoms with Gasteiger partial charge in [-0.2, -0.15) is 0 Å². The first-order valence-electron chi connectivity index (χ1n) is 11.9. The van der Waals surface area contributed by atoms with Crippen LogP contribution in [0.1, 0.15) is 30.9 Å². The molecule has 2 aromatic carbocycles. The number of nitrogens with zero attached hydrogens (tertiary/aromatic N) is 2. The van der Waals surface area contributed by atoms with Gasteiger partial charge >= 0.3 is 12.1 Å². The maximum atomic E-state index is 13.4. The lowest BCUT2D eigenvalue weighted by atomic mass is 10.1. The molecular weight excluding hydrogens is 584 g/mol. The van der Waals surface area contributed by atoms with Gasteiger partial charge in [-0.1, -0.05) is 30.1 Å². The van der Waals surface area contributed by atoms with Crippen LogP contribution < -0.4 is 21.7 Å². The van der Waals surface area contributed by atoms with Gasteiger partial charge in [0, 0.05) is 29.7 Å². The molecule has 4 rings (SSSR count). The lowest BCUT2D eigenvalue weighted by Gasteiger charge is -2.25. The third-order valence-corrected chi connectivity index (χ3v) is 9.18. The molecule has 1 aliphatic heterocycles. The Morgan fingerprint density at radius 2 is 1.90 bits per heavy atom. The van der Waals surface area contributed by atoms with E-state index >= 15 is 0 Å². The van der Waals surface area contributed by atoms with Crippen LogP contribution in [0.15, 0.2) is 38.8 Å². The number of likely N-dealkylation sites (tertiary alicyclic amines) is 1. The maximum Gasteiger partial charge on any atom is 0.573 e. The summed E-state index contributed by atoms with van der Waals surface area (Å²) in [7, 11) is -3.76. The topological polar surface area (TPSA) is 127 Å². The molecule has 0 saturated carbocycles. The van der Waals surface area contributed by atoms with Crippen LogP contribution in [0, 0.1) is 0 Å². The zero-order chi connectivity index (χ0) is 28.7.